The van der Waals surface area contributed by atoms with Crippen molar-refractivity contribution in [2.75, 3.05) is 20.8 Å². The first-order valence-electron chi connectivity index (χ1n) is 5.57. The van der Waals surface area contributed by atoms with Gasteiger partial charge in [0.2, 0.25) is 0 Å². The zero-order valence-corrected chi connectivity index (χ0v) is 11.7. The van der Waals surface area contributed by atoms with Gasteiger partial charge < -0.3 is 14.4 Å². The Kier molecular flexibility index (Phi) is 6.22. The van der Waals surface area contributed by atoms with Gasteiger partial charge in [0.1, 0.15) is 0 Å². The molecule has 0 aliphatic carbocycles. The Morgan fingerprint density at radius 2 is 1.83 bits per heavy atom. The molecule has 1 aromatic carbocycles. The minimum absolute atomic E-state index is 0.347. The van der Waals surface area contributed by atoms with E-state index in [0.717, 1.165) is 0 Å². The highest BCUT2D eigenvalue weighted by Crippen LogP contribution is 2.23. The Morgan fingerprint density at radius 3 is 2.39 bits per heavy atom. The number of nitrogens with zero attached hydrogens (tertiary/aromatic N) is 1. The van der Waals surface area contributed by atoms with Gasteiger partial charge in [-0.05, 0) is 19.1 Å². The molecular formula is C12H18NO4P. The minimum atomic E-state index is -2.06. The maximum absolute atomic E-state index is 11.6. The van der Waals surface area contributed by atoms with E-state index in [1.807, 2.05) is 18.2 Å². The Balaban J connectivity index is 2.43. The first kappa shape index (κ1) is 15.1. The number of benzene rings is 1. The van der Waals surface area contributed by atoms with Crippen LogP contribution in [0.25, 0.3) is 0 Å². The lowest BCUT2D eigenvalue weighted by atomic mass is 10.2. The second-order valence-corrected chi connectivity index (χ2v) is 4.74. The fourth-order valence-corrected chi connectivity index (χ4v) is 1.85. The molecule has 0 aliphatic rings. The molecule has 0 saturated carbocycles. The van der Waals surface area contributed by atoms with Crippen LogP contribution in [0.15, 0.2) is 35.1 Å². The summed E-state index contributed by atoms with van der Waals surface area (Å²) in [4.78, 5) is 11.6. The lowest BCUT2D eigenvalue weighted by Crippen LogP contribution is -2.30. The predicted octanol–water partition coefficient (Wildman–Crippen LogP) is 2.32. The summed E-state index contributed by atoms with van der Waals surface area (Å²) < 4.78 is 19.4. The average molecular weight is 271 g/mol. The van der Waals surface area contributed by atoms with E-state index < -0.39 is 14.0 Å². The molecule has 0 fully saturated rings. The number of para-hydroxylation sites is 1. The predicted molar refractivity (Wildman–Crippen MR) is 68.3 cm³/mol. The van der Waals surface area contributed by atoms with E-state index in [9.17, 15) is 4.89 Å². The molecule has 0 aromatic heterocycles. The normalized spacial score (nSPS) is 12.6. The standard InChI is InChI=1S/C12H18NO4P/c1-12(15-2,16-3)9-10-13-18(14)17-11-7-5-4-6-8-11/h4-8H,9-10H2,1-3H3. The largest absolute Gasteiger partial charge is 0.575 e. The van der Waals surface area contributed by atoms with Crippen LogP contribution in [0.4, 0.5) is 0 Å². The lowest BCUT2D eigenvalue weighted by molar-refractivity contribution is -0.195. The van der Waals surface area contributed by atoms with Crippen molar-refractivity contribution in [3.8, 4) is 5.75 Å². The molecule has 5 nitrogen and oxygen atoms in total. The zero-order chi connectivity index (χ0) is 13.4. The fourth-order valence-electron chi connectivity index (χ4n) is 1.22. The van der Waals surface area contributed by atoms with E-state index >= 15 is 0 Å². The van der Waals surface area contributed by atoms with Crippen LogP contribution in [0.2, 0.25) is 0 Å². The number of ether oxygens (including phenoxy) is 2. The van der Waals surface area contributed by atoms with Crippen LogP contribution in [-0.2, 0) is 9.47 Å². The van der Waals surface area contributed by atoms with Crippen molar-refractivity contribution in [1.29, 1.82) is 0 Å². The van der Waals surface area contributed by atoms with Crippen LogP contribution >= 0.6 is 8.17 Å². The molecule has 1 unspecified atom stereocenters. The second-order valence-electron chi connectivity index (χ2n) is 3.80. The molecule has 1 atom stereocenters. The Bertz CT molecular complexity index is 379. The lowest BCUT2D eigenvalue weighted by Gasteiger charge is -2.24. The summed E-state index contributed by atoms with van der Waals surface area (Å²) in [6.45, 7) is 2.15. The summed E-state index contributed by atoms with van der Waals surface area (Å²) in [5, 5.41) is 0. The second kappa shape index (κ2) is 7.44. The molecule has 0 saturated heterocycles. The molecule has 0 heterocycles. The summed E-state index contributed by atoms with van der Waals surface area (Å²) in [6.07, 6.45) is 0.513. The smallest absolute Gasteiger partial charge is 0.394 e. The molecular weight excluding hydrogens is 253 g/mol. The third kappa shape index (κ3) is 5.10. The van der Waals surface area contributed by atoms with Gasteiger partial charge in [0.05, 0.1) is 6.54 Å². The number of hydrogen-bond acceptors (Lipinski definition) is 5. The van der Waals surface area contributed by atoms with Crippen molar-refractivity contribution in [1.82, 2.24) is 0 Å². The molecule has 0 amide bonds. The molecule has 1 rings (SSSR count). The highest BCUT2D eigenvalue weighted by Gasteiger charge is 2.22. The Morgan fingerprint density at radius 1 is 1.22 bits per heavy atom. The van der Waals surface area contributed by atoms with Crippen molar-refractivity contribution in [2.24, 2.45) is 4.74 Å². The highest BCUT2D eigenvalue weighted by atomic mass is 31.1. The fraction of sp³-hybridized carbons (Fsp3) is 0.500. The molecule has 1 aromatic rings. The molecule has 0 bridgehead atoms. The minimum Gasteiger partial charge on any atom is -0.575 e. The monoisotopic (exact) mass is 271 g/mol. The van der Waals surface area contributed by atoms with Gasteiger partial charge in [0, 0.05) is 20.6 Å². The van der Waals surface area contributed by atoms with Crippen LogP contribution in [0, 0.1) is 0 Å². The van der Waals surface area contributed by atoms with E-state index in [2.05, 4.69) is 4.74 Å². The van der Waals surface area contributed by atoms with Crippen LogP contribution in [-0.4, -0.2) is 26.6 Å². The maximum atomic E-state index is 11.6. The molecule has 0 spiro atoms. The van der Waals surface area contributed by atoms with Gasteiger partial charge >= 0.3 is 8.17 Å². The summed E-state index contributed by atoms with van der Waals surface area (Å²) in [5.74, 6) is -0.157. The highest BCUT2D eigenvalue weighted by molar-refractivity contribution is 7.34. The Labute approximate surface area is 108 Å². The summed E-state index contributed by atoms with van der Waals surface area (Å²) in [7, 11) is 1.06. The van der Waals surface area contributed by atoms with Crippen LogP contribution in [0.5, 0.6) is 5.75 Å². The van der Waals surface area contributed by atoms with Gasteiger partial charge in [0.25, 0.3) is 0 Å². The van der Waals surface area contributed by atoms with Gasteiger partial charge in [-0.3, -0.25) is 4.52 Å². The van der Waals surface area contributed by atoms with Gasteiger partial charge in [-0.25, -0.2) is 0 Å². The van der Waals surface area contributed by atoms with E-state index in [1.165, 1.54) is 0 Å². The van der Waals surface area contributed by atoms with E-state index in [4.69, 9.17) is 14.0 Å². The molecule has 0 radical (unpaired) electrons. The van der Waals surface area contributed by atoms with Crippen molar-refractivity contribution < 1.29 is 18.9 Å². The summed E-state index contributed by atoms with van der Waals surface area (Å²) in [6, 6.07) is 8.95. The molecule has 0 N–H and O–H groups in total. The van der Waals surface area contributed by atoms with Crippen molar-refractivity contribution >= 4 is 8.17 Å². The van der Waals surface area contributed by atoms with Gasteiger partial charge in [-0.2, -0.15) is 0 Å². The van der Waals surface area contributed by atoms with Crippen LogP contribution in [0.1, 0.15) is 13.3 Å². The van der Waals surface area contributed by atoms with Crippen LogP contribution < -0.4 is 9.42 Å². The number of hydrogen-bond donors (Lipinski definition) is 0. The van der Waals surface area contributed by atoms with Gasteiger partial charge in [-0.15, -0.1) is 0 Å². The number of methoxy groups -OCH3 is 2. The zero-order valence-electron chi connectivity index (χ0n) is 10.8. The van der Waals surface area contributed by atoms with Crippen molar-refractivity contribution in [3.63, 3.8) is 0 Å². The molecule has 0 aliphatic heterocycles. The summed E-state index contributed by atoms with van der Waals surface area (Å²) >= 11 is 0. The average Bonchev–Trinajstić information content (AvgIpc) is 2.39. The van der Waals surface area contributed by atoms with Gasteiger partial charge in [0.15, 0.2) is 11.5 Å². The van der Waals surface area contributed by atoms with Crippen LogP contribution in [0.3, 0.4) is 0 Å². The van der Waals surface area contributed by atoms with E-state index in [-0.39, 0.29) is 0 Å². The SMILES string of the molecule is COC(C)(CCN=[P+]([O-])Oc1ccccc1)OC. The quantitative estimate of drug-likeness (QED) is 0.564. The first-order valence-corrected chi connectivity index (χ1v) is 6.70. The topological polar surface area (TPSA) is 63.1 Å². The number of rotatable bonds is 7. The summed E-state index contributed by atoms with van der Waals surface area (Å²) in [5.41, 5.74) is 0. The van der Waals surface area contributed by atoms with E-state index in [0.29, 0.717) is 18.7 Å². The van der Waals surface area contributed by atoms with Gasteiger partial charge in [-0.1, -0.05) is 22.9 Å². The van der Waals surface area contributed by atoms with Crippen molar-refractivity contribution in [2.45, 2.75) is 19.1 Å². The third-order valence-electron chi connectivity index (χ3n) is 2.57. The molecule has 100 valence electrons. The molecule has 6 heteroatoms. The maximum Gasteiger partial charge on any atom is 0.394 e. The Hall–Kier alpha value is -1.00. The molecule has 18 heavy (non-hydrogen) atoms. The van der Waals surface area contributed by atoms with E-state index in [1.54, 1.807) is 33.3 Å². The van der Waals surface area contributed by atoms with Crippen molar-refractivity contribution in [3.05, 3.63) is 30.3 Å². The third-order valence-corrected chi connectivity index (χ3v) is 3.37. The first-order chi connectivity index (χ1) is 8.59.